The van der Waals surface area contributed by atoms with E-state index in [2.05, 4.69) is 26.1 Å². The summed E-state index contributed by atoms with van der Waals surface area (Å²) in [5, 5.41) is 24.4. The van der Waals surface area contributed by atoms with Crippen LogP contribution in [0.15, 0.2) is 36.7 Å². The standard InChI is InChI=1S/C27H34N7O8P/c1-5-6-12-39-22(35)16(2)33-43(37,41-17-10-8-7-9-11-17)42-18-13-27(18)23(36)26(3,14-28)24(40-27)34-15-30-19-20(34)31-25(29)32-21(19)38-4/h7-11,15-16,18,23-24,36H,5-6,12-13H2,1-4H3,(H,33,37)(H2,29,31,32)/t16-,18?,23-,24+,26+,27?,43?/m0/s1. The monoisotopic (exact) mass is 615 g/mol. The number of carbonyl (C=O) groups excluding carboxylic acids is 1. The minimum atomic E-state index is -4.27. The van der Waals surface area contributed by atoms with E-state index in [1.807, 2.05) is 6.92 Å². The second kappa shape index (κ2) is 11.7. The summed E-state index contributed by atoms with van der Waals surface area (Å²) in [5.74, 6) is -0.355. The number of hydrogen-bond donors (Lipinski definition) is 3. The first kappa shape index (κ1) is 30.7. The maximum atomic E-state index is 14.1. The Labute approximate surface area is 247 Å². The molecular weight excluding hydrogens is 581 g/mol. The highest BCUT2D eigenvalue weighted by atomic mass is 31.2. The van der Waals surface area contributed by atoms with Crippen molar-refractivity contribution in [2.24, 2.45) is 5.41 Å². The topological polar surface area (TPSA) is 206 Å². The fourth-order valence-electron chi connectivity index (χ4n) is 5.09. The minimum absolute atomic E-state index is 0.0775. The molecule has 1 saturated carbocycles. The van der Waals surface area contributed by atoms with E-state index in [1.165, 1.54) is 31.9 Å². The molecular formula is C27H34N7O8P. The lowest BCUT2D eigenvalue weighted by atomic mass is 9.83. The van der Waals surface area contributed by atoms with Crippen LogP contribution in [0.25, 0.3) is 11.2 Å². The van der Waals surface area contributed by atoms with E-state index in [-0.39, 0.29) is 41.8 Å². The number of nitrogens with one attached hydrogen (secondary N) is 1. The van der Waals surface area contributed by atoms with Crippen LogP contribution in [0.3, 0.4) is 0 Å². The molecule has 2 fully saturated rings. The number of fused-ring (bicyclic) bond motifs is 1. The fourth-order valence-corrected chi connectivity index (χ4v) is 6.81. The normalized spacial score (nSPS) is 28.2. The molecule has 0 bridgehead atoms. The summed E-state index contributed by atoms with van der Waals surface area (Å²) < 4.78 is 44.2. The van der Waals surface area contributed by atoms with Crippen molar-refractivity contribution in [1.82, 2.24) is 24.6 Å². The van der Waals surface area contributed by atoms with Crippen LogP contribution in [0.2, 0.25) is 0 Å². The number of nitrogens with two attached hydrogens (primary N) is 1. The third kappa shape index (κ3) is 5.64. The fraction of sp³-hybridized carbons (Fsp3) is 0.519. The number of para-hydroxylation sites is 1. The van der Waals surface area contributed by atoms with Gasteiger partial charge in [-0.2, -0.15) is 20.3 Å². The second-order valence-corrected chi connectivity index (χ2v) is 12.4. The second-order valence-electron chi connectivity index (χ2n) is 10.7. The molecule has 2 aromatic heterocycles. The van der Waals surface area contributed by atoms with Crippen molar-refractivity contribution >= 4 is 30.8 Å². The smallest absolute Gasteiger partial charge is 0.459 e. The molecule has 3 unspecified atom stereocenters. The molecule has 43 heavy (non-hydrogen) atoms. The molecule has 3 aromatic rings. The molecule has 1 aliphatic carbocycles. The number of nitrogens with zero attached hydrogens (tertiary/aromatic N) is 5. The van der Waals surface area contributed by atoms with Gasteiger partial charge in [-0.15, -0.1) is 0 Å². The molecule has 3 heterocycles. The predicted molar refractivity (Wildman–Crippen MR) is 151 cm³/mol. The minimum Gasteiger partial charge on any atom is -0.479 e. The lowest BCUT2D eigenvalue weighted by Gasteiger charge is -2.26. The first-order valence-corrected chi connectivity index (χ1v) is 15.3. The van der Waals surface area contributed by atoms with Gasteiger partial charge in [0.15, 0.2) is 17.4 Å². The van der Waals surface area contributed by atoms with Crippen molar-refractivity contribution in [3.05, 3.63) is 36.7 Å². The largest absolute Gasteiger partial charge is 0.479 e. The number of ether oxygens (including phenoxy) is 3. The quantitative estimate of drug-likeness (QED) is 0.152. The predicted octanol–water partition coefficient (Wildman–Crippen LogP) is 2.87. The van der Waals surface area contributed by atoms with Crippen LogP contribution in [-0.4, -0.2) is 68.2 Å². The third-order valence-electron chi connectivity index (χ3n) is 7.54. The molecule has 230 valence electrons. The number of unbranched alkanes of at least 4 members (excludes halogenated alkanes) is 1. The number of carbonyl (C=O) groups is 1. The van der Waals surface area contributed by atoms with E-state index in [0.29, 0.717) is 6.42 Å². The molecule has 1 spiro atoms. The number of benzene rings is 1. The van der Waals surface area contributed by atoms with Gasteiger partial charge in [-0.05, 0) is 32.4 Å². The highest BCUT2D eigenvalue weighted by Gasteiger charge is 2.75. The van der Waals surface area contributed by atoms with Crippen LogP contribution in [-0.2, 0) is 23.4 Å². The van der Waals surface area contributed by atoms with Gasteiger partial charge in [0.2, 0.25) is 11.8 Å². The Balaban J connectivity index is 1.42. The van der Waals surface area contributed by atoms with E-state index >= 15 is 0 Å². The van der Waals surface area contributed by atoms with Gasteiger partial charge >= 0.3 is 13.7 Å². The van der Waals surface area contributed by atoms with Gasteiger partial charge < -0.3 is 29.6 Å². The summed E-state index contributed by atoms with van der Waals surface area (Å²) in [6.45, 7) is 5.20. The number of rotatable bonds is 12. The van der Waals surface area contributed by atoms with Crippen molar-refractivity contribution in [1.29, 1.82) is 5.26 Å². The van der Waals surface area contributed by atoms with Gasteiger partial charge in [0.25, 0.3) is 0 Å². The SMILES string of the molecule is CCCCOC(=O)[C@H](C)NP(=O)(Oc1ccccc1)OC1CC12O[C@@H](n1cnc3c(OC)nc(N)nc31)[C@](C)(C#N)[C@@H]2O. The number of nitrogen functional groups attached to an aromatic ring is 1. The van der Waals surface area contributed by atoms with E-state index < -0.39 is 49.2 Å². The number of aromatic nitrogens is 4. The van der Waals surface area contributed by atoms with E-state index in [9.17, 15) is 19.7 Å². The zero-order chi connectivity index (χ0) is 31.0. The van der Waals surface area contributed by atoms with Gasteiger partial charge in [0, 0.05) is 6.42 Å². The van der Waals surface area contributed by atoms with Crippen LogP contribution < -0.4 is 20.1 Å². The Morgan fingerprint density at radius 1 is 1.37 bits per heavy atom. The van der Waals surface area contributed by atoms with Crippen molar-refractivity contribution in [2.45, 2.75) is 70.1 Å². The summed E-state index contributed by atoms with van der Waals surface area (Å²) in [4.78, 5) is 25.2. The summed E-state index contributed by atoms with van der Waals surface area (Å²) in [6.07, 6.45) is -0.472. The van der Waals surface area contributed by atoms with E-state index in [1.54, 1.807) is 30.3 Å². The van der Waals surface area contributed by atoms with Crippen molar-refractivity contribution < 1.29 is 37.7 Å². The third-order valence-corrected chi connectivity index (χ3v) is 9.23. The number of hydrogen-bond acceptors (Lipinski definition) is 13. The van der Waals surface area contributed by atoms with Gasteiger partial charge in [-0.25, -0.2) is 9.55 Å². The zero-order valence-electron chi connectivity index (χ0n) is 24.2. The van der Waals surface area contributed by atoms with Crippen LogP contribution in [0, 0.1) is 16.7 Å². The van der Waals surface area contributed by atoms with Crippen molar-refractivity contribution in [2.75, 3.05) is 19.5 Å². The zero-order valence-corrected chi connectivity index (χ0v) is 25.1. The first-order valence-electron chi connectivity index (χ1n) is 13.8. The molecule has 2 aliphatic rings. The van der Waals surface area contributed by atoms with Crippen LogP contribution in [0.1, 0.15) is 46.3 Å². The van der Waals surface area contributed by atoms with Crippen LogP contribution in [0.4, 0.5) is 5.95 Å². The summed E-state index contributed by atoms with van der Waals surface area (Å²) in [5.41, 5.74) is 3.42. The maximum absolute atomic E-state index is 14.1. The van der Waals surface area contributed by atoms with Gasteiger partial charge in [-0.3, -0.25) is 13.9 Å². The van der Waals surface area contributed by atoms with Crippen LogP contribution >= 0.6 is 7.75 Å². The molecule has 0 radical (unpaired) electrons. The first-order chi connectivity index (χ1) is 20.5. The van der Waals surface area contributed by atoms with Crippen molar-refractivity contribution in [3.8, 4) is 17.7 Å². The molecule has 1 aromatic carbocycles. The molecule has 5 rings (SSSR count). The Morgan fingerprint density at radius 2 is 2.12 bits per heavy atom. The number of anilines is 1. The lowest BCUT2D eigenvalue weighted by molar-refractivity contribution is -0.145. The summed E-state index contributed by atoms with van der Waals surface area (Å²) >= 11 is 0. The summed E-state index contributed by atoms with van der Waals surface area (Å²) in [7, 11) is -2.86. The molecule has 1 aliphatic heterocycles. The Bertz CT molecular complexity index is 1580. The van der Waals surface area contributed by atoms with E-state index in [4.69, 9.17) is 29.0 Å². The number of nitriles is 1. The molecule has 15 nitrogen and oxygen atoms in total. The average Bonchev–Trinajstić information content (AvgIpc) is 3.41. The maximum Gasteiger partial charge on any atom is 0.459 e. The Hall–Kier alpha value is -3.80. The molecule has 7 atom stereocenters. The summed E-state index contributed by atoms with van der Waals surface area (Å²) in [6, 6.07) is 9.42. The number of esters is 1. The van der Waals surface area contributed by atoms with Gasteiger partial charge in [0.05, 0.1) is 26.1 Å². The van der Waals surface area contributed by atoms with Crippen molar-refractivity contribution in [3.63, 3.8) is 0 Å². The van der Waals surface area contributed by atoms with Gasteiger partial charge in [-0.1, -0.05) is 31.5 Å². The molecule has 1 saturated heterocycles. The highest BCUT2D eigenvalue weighted by molar-refractivity contribution is 7.52. The van der Waals surface area contributed by atoms with Gasteiger partial charge in [0.1, 0.15) is 35.0 Å². The number of aliphatic hydroxyl groups is 1. The Morgan fingerprint density at radius 3 is 2.79 bits per heavy atom. The Kier molecular flexibility index (Phi) is 8.34. The van der Waals surface area contributed by atoms with E-state index in [0.717, 1.165) is 6.42 Å². The van der Waals surface area contributed by atoms with Crippen LogP contribution in [0.5, 0.6) is 11.6 Å². The number of methoxy groups -OCH3 is 1. The molecule has 0 amide bonds. The lowest BCUT2D eigenvalue weighted by Crippen LogP contribution is -2.39. The average molecular weight is 616 g/mol. The highest BCUT2D eigenvalue weighted by Crippen LogP contribution is 2.65. The number of aliphatic hydroxyl groups excluding tert-OH is 1. The number of imidazole rings is 1. The molecule has 4 N–H and O–H groups in total. The molecule has 16 heteroatoms.